The van der Waals surface area contributed by atoms with Gasteiger partial charge in [-0.3, -0.25) is 0 Å². The Labute approximate surface area is 169 Å². The van der Waals surface area contributed by atoms with Crippen molar-refractivity contribution >= 4 is 46.0 Å². The van der Waals surface area contributed by atoms with Crippen LogP contribution in [0.4, 0.5) is 5.69 Å². The molecule has 0 spiro atoms. The van der Waals surface area contributed by atoms with Crippen LogP contribution < -0.4 is 9.88 Å². The van der Waals surface area contributed by atoms with Crippen molar-refractivity contribution in [3.63, 3.8) is 0 Å². The molecule has 2 aromatic carbocycles. The molecule has 0 radical (unpaired) electrons. The SMILES string of the molecule is CCc1cccc(NC(=S)/C(=C(\O)c2ccccc2Cl)[n+]2ccccc2)c1. The Bertz CT molecular complexity index is 986. The van der Waals surface area contributed by atoms with E-state index in [9.17, 15) is 5.11 Å². The lowest BCUT2D eigenvalue weighted by Crippen LogP contribution is -2.38. The van der Waals surface area contributed by atoms with E-state index in [2.05, 4.69) is 18.3 Å². The van der Waals surface area contributed by atoms with Crippen molar-refractivity contribution in [1.29, 1.82) is 0 Å². The van der Waals surface area contributed by atoms with Crippen LogP contribution in [0, 0.1) is 0 Å². The molecule has 2 N–H and O–H groups in total. The van der Waals surface area contributed by atoms with Crippen LogP contribution in [0.15, 0.2) is 79.1 Å². The maximum absolute atomic E-state index is 11.0. The quantitative estimate of drug-likeness (QED) is 0.258. The highest BCUT2D eigenvalue weighted by atomic mass is 35.5. The van der Waals surface area contributed by atoms with Crippen molar-refractivity contribution in [3.05, 3.63) is 95.3 Å². The molecule has 1 aromatic heterocycles. The molecular formula is C22H20ClN2OS+. The highest BCUT2D eigenvalue weighted by Crippen LogP contribution is 2.25. The summed E-state index contributed by atoms with van der Waals surface area (Å²) in [5, 5.41) is 14.7. The maximum atomic E-state index is 11.0. The summed E-state index contributed by atoms with van der Waals surface area (Å²) < 4.78 is 1.78. The molecule has 0 bridgehead atoms. The summed E-state index contributed by atoms with van der Waals surface area (Å²) >= 11 is 11.9. The van der Waals surface area contributed by atoms with Crippen LogP contribution in [0.3, 0.4) is 0 Å². The van der Waals surface area contributed by atoms with Gasteiger partial charge in [0.05, 0.1) is 5.02 Å². The molecule has 0 saturated heterocycles. The molecule has 3 rings (SSSR count). The Morgan fingerprint density at radius 3 is 2.48 bits per heavy atom. The van der Waals surface area contributed by atoms with Gasteiger partial charge < -0.3 is 10.4 Å². The Balaban J connectivity index is 2.06. The molecule has 0 aliphatic rings. The van der Waals surface area contributed by atoms with Crippen LogP contribution in [0.5, 0.6) is 0 Å². The number of rotatable bonds is 5. The number of aliphatic hydroxyl groups is 1. The van der Waals surface area contributed by atoms with E-state index in [4.69, 9.17) is 23.8 Å². The van der Waals surface area contributed by atoms with Gasteiger partial charge in [0, 0.05) is 23.4 Å². The molecule has 0 amide bonds. The van der Waals surface area contributed by atoms with Crippen LogP contribution in [0.1, 0.15) is 18.1 Å². The van der Waals surface area contributed by atoms with Crippen molar-refractivity contribution in [2.45, 2.75) is 13.3 Å². The van der Waals surface area contributed by atoms with Crippen LogP contribution in [0.2, 0.25) is 5.02 Å². The van der Waals surface area contributed by atoms with Crippen molar-refractivity contribution in [3.8, 4) is 0 Å². The summed E-state index contributed by atoms with van der Waals surface area (Å²) in [6.45, 7) is 2.10. The monoisotopic (exact) mass is 395 g/mol. The zero-order valence-corrected chi connectivity index (χ0v) is 16.5. The molecule has 0 atom stereocenters. The summed E-state index contributed by atoms with van der Waals surface area (Å²) in [7, 11) is 0. The fourth-order valence-corrected chi connectivity index (χ4v) is 3.28. The molecule has 0 saturated carbocycles. The first-order chi connectivity index (χ1) is 13.1. The third-order valence-electron chi connectivity index (χ3n) is 4.14. The number of anilines is 1. The molecule has 3 aromatic rings. The summed E-state index contributed by atoms with van der Waals surface area (Å²) in [6, 6.07) is 20.9. The van der Waals surface area contributed by atoms with Gasteiger partial charge in [-0.15, -0.1) is 0 Å². The molecule has 0 aliphatic carbocycles. The molecule has 0 unspecified atom stereocenters. The maximum Gasteiger partial charge on any atom is 0.288 e. The molecule has 1 heterocycles. The van der Waals surface area contributed by atoms with Gasteiger partial charge in [0.25, 0.3) is 5.70 Å². The van der Waals surface area contributed by atoms with Crippen molar-refractivity contribution in [1.82, 2.24) is 0 Å². The predicted octanol–water partition coefficient (Wildman–Crippen LogP) is 5.51. The second-order valence-corrected chi connectivity index (χ2v) is 6.78. The third-order valence-corrected chi connectivity index (χ3v) is 4.76. The number of aliphatic hydroxyl groups excluding tert-OH is 1. The first kappa shape index (κ1) is 19.1. The molecular weight excluding hydrogens is 376 g/mol. The number of nitrogens with one attached hydrogen (secondary N) is 1. The normalized spacial score (nSPS) is 11.6. The number of halogens is 1. The second-order valence-electron chi connectivity index (χ2n) is 5.97. The van der Waals surface area contributed by atoms with E-state index >= 15 is 0 Å². The zero-order valence-electron chi connectivity index (χ0n) is 14.9. The number of hydrogen-bond donors (Lipinski definition) is 2. The summed E-state index contributed by atoms with van der Waals surface area (Å²) in [6.07, 6.45) is 4.60. The van der Waals surface area contributed by atoms with Crippen LogP contribution >= 0.6 is 23.8 Å². The summed E-state index contributed by atoms with van der Waals surface area (Å²) in [5.74, 6) is 0.0148. The highest BCUT2D eigenvalue weighted by molar-refractivity contribution is 7.81. The fraction of sp³-hybridized carbons (Fsp3) is 0.0909. The van der Waals surface area contributed by atoms with Gasteiger partial charge in [-0.05, 0) is 36.2 Å². The van der Waals surface area contributed by atoms with Crippen molar-refractivity contribution in [2.75, 3.05) is 5.32 Å². The average molecular weight is 396 g/mol. The van der Waals surface area contributed by atoms with Gasteiger partial charge >= 0.3 is 0 Å². The summed E-state index contributed by atoms with van der Waals surface area (Å²) in [4.78, 5) is 0.400. The van der Waals surface area contributed by atoms with Gasteiger partial charge in [-0.1, -0.05) is 61.1 Å². The first-order valence-electron chi connectivity index (χ1n) is 8.65. The Morgan fingerprint density at radius 2 is 1.78 bits per heavy atom. The number of benzene rings is 2. The number of aryl methyl sites for hydroxylation is 1. The topological polar surface area (TPSA) is 36.1 Å². The van der Waals surface area contributed by atoms with Gasteiger partial charge in [-0.2, -0.15) is 4.57 Å². The van der Waals surface area contributed by atoms with E-state index in [1.165, 1.54) is 5.56 Å². The smallest absolute Gasteiger partial charge is 0.288 e. The lowest BCUT2D eigenvalue weighted by Gasteiger charge is -2.11. The number of aromatic nitrogens is 1. The van der Waals surface area contributed by atoms with Crippen LogP contribution in [-0.4, -0.2) is 10.1 Å². The van der Waals surface area contributed by atoms with Crippen LogP contribution in [-0.2, 0) is 6.42 Å². The lowest BCUT2D eigenvalue weighted by molar-refractivity contribution is -0.575. The number of thiocarbonyl (C=S) groups is 1. The number of nitrogens with zero attached hydrogens (tertiary/aromatic N) is 1. The second kappa shape index (κ2) is 8.80. The van der Waals surface area contributed by atoms with Crippen molar-refractivity contribution in [2.24, 2.45) is 0 Å². The standard InChI is InChI=1S/C22H19ClN2OS/c1-2-16-9-8-10-17(15-16)24-22(27)20(25-13-6-3-7-14-25)21(26)18-11-4-5-12-19(18)23/h3-15H,2H2,1H3,(H-,24,26,27)/p+1. The van der Waals surface area contributed by atoms with Gasteiger partial charge in [0.15, 0.2) is 17.4 Å². The van der Waals surface area contributed by atoms with Crippen LogP contribution in [0.25, 0.3) is 11.5 Å². The highest BCUT2D eigenvalue weighted by Gasteiger charge is 2.24. The van der Waals surface area contributed by atoms with E-state index < -0.39 is 0 Å². The van der Waals surface area contributed by atoms with E-state index in [0.717, 1.165) is 12.1 Å². The largest absolute Gasteiger partial charge is 0.502 e. The molecule has 3 nitrogen and oxygen atoms in total. The molecule has 27 heavy (non-hydrogen) atoms. The zero-order chi connectivity index (χ0) is 19.2. The number of pyridine rings is 1. The molecule has 5 heteroatoms. The van der Waals surface area contributed by atoms with Gasteiger partial charge in [0.1, 0.15) is 0 Å². The minimum absolute atomic E-state index is 0.0148. The Hall–Kier alpha value is -2.69. The summed E-state index contributed by atoms with van der Waals surface area (Å²) in [5.41, 5.74) is 3.06. The van der Waals surface area contributed by atoms with E-state index in [1.807, 2.05) is 60.9 Å². The van der Waals surface area contributed by atoms with E-state index in [1.54, 1.807) is 16.7 Å². The minimum Gasteiger partial charge on any atom is -0.502 e. The lowest BCUT2D eigenvalue weighted by atomic mass is 10.1. The van der Waals surface area contributed by atoms with E-state index in [-0.39, 0.29) is 5.76 Å². The minimum atomic E-state index is 0.0148. The average Bonchev–Trinajstić information content (AvgIpc) is 2.69. The fourth-order valence-electron chi connectivity index (χ4n) is 2.73. The molecule has 0 fully saturated rings. The van der Waals surface area contributed by atoms with E-state index in [0.29, 0.717) is 21.3 Å². The third kappa shape index (κ3) is 4.54. The first-order valence-corrected chi connectivity index (χ1v) is 9.44. The van der Waals surface area contributed by atoms with Gasteiger partial charge in [-0.25, -0.2) is 0 Å². The van der Waals surface area contributed by atoms with Gasteiger partial charge in [0.2, 0.25) is 5.76 Å². The molecule has 136 valence electrons. The van der Waals surface area contributed by atoms with Crippen molar-refractivity contribution < 1.29 is 9.67 Å². The number of hydrogen-bond acceptors (Lipinski definition) is 2. The Kier molecular flexibility index (Phi) is 6.22. The Morgan fingerprint density at radius 1 is 1.04 bits per heavy atom. The predicted molar refractivity (Wildman–Crippen MR) is 116 cm³/mol. The molecule has 0 aliphatic heterocycles.